The molecule has 2 heteroatoms. The van der Waals surface area contributed by atoms with Crippen LogP contribution in [0.15, 0.2) is 0 Å². The highest BCUT2D eigenvalue weighted by atomic mass is 16.5. The Morgan fingerprint density at radius 3 is 2.47 bits per heavy atom. The van der Waals surface area contributed by atoms with Crippen LogP contribution in [-0.4, -0.2) is 25.8 Å². The van der Waals surface area contributed by atoms with Crippen molar-refractivity contribution in [2.45, 2.75) is 58.9 Å². The summed E-state index contributed by atoms with van der Waals surface area (Å²) in [6.45, 7) is 9.45. The molecule has 90 valence electrons. The zero-order valence-electron chi connectivity index (χ0n) is 10.6. The van der Waals surface area contributed by atoms with E-state index >= 15 is 0 Å². The van der Waals surface area contributed by atoms with Crippen LogP contribution in [0.3, 0.4) is 0 Å². The number of hydrogen-bond acceptors (Lipinski definition) is 2. The van der Waals surface area contributed by atoms with Crippen molar-refractivity contribution >= 4 is 0 Å². The molecule has 1 rings (SSSR count). The molecule has 0 aliphatic heterocycles. The van der Waals surface area contributed by atoms with Crippen molar-refractivity contribution < 1.29 is 4.74 Å². The third kappa shape index (κ3) is 4.12. The van der Waals surface area contributed by atoms with Gasteiger partial charge in [0, 0.05) is 19.2 Å². The van der Waals surface area contributed by atoms with E-state index < -0.39 is 0 Å². The molecule has 0 aromatic heterocycles. The Morgan fingerprint density at radius 1 is 1.27 bits per heavy atom. The van der Waals surface area contributed by atoms with Crippen molar-refractivity contribution in [2.75, 3.05) is 19.8 Å². The van der Waals surface area contributed by atoms with E-state index in [0.717, 1.165) is 13.2 Å². The largest absolute Gasteiger partial charge is 0.380 e. The molecule has 0 amide bonds. The summed E-state index contributed by atoms with van der Waals surface area (Å²) in [4.78, 5) is 0. The zero-order chi connectivity index (χ0) is 11.1. The summed E-state index contributed by atoms with van der Waals surface area (Å²) >= 11 is 0. The fraction of sp³-hybridized carbons (Fsp3) is 1.00. The van der Waals surface area contributed by atoms with Crippen LogP contribution in [0.4, 0.5) is 0 Å². The molecule has 1 atom stereocenters. The summed E-state index contributed by atoms with van der Waals surface area (Å²) in [5, 5.41) is 3.63. The minimum absolute atomic E-state index is 0.494. The van der Waals surface area contributed by atoms with Crippen molar-refractivity contribution in [1.29, 1.82) is 0 Å². The van der Waals surface area contributed by atoms with Crippen LogP contribution in [0.2, 0.25) is 0 Å². The second kappa shape index (κ2) is 6.49. The molecule has 1 fully saturated rings. The van der Waals surface area contributed by atoms with Gasteiger partial charge in [0.1, 0.15) is 0 Å². The Kier molecular flexibility index (Phi) is 5.62. The lowest BCUT2D eigenvalue weighted by Gasteiger charge is -2.29. The SMILES string of the molecule is CCOCC(C)NCC1(CC)CCCC1. The van der Waals surface area contributed by atoms with Gasteiger partial charge in [0.15, 0.2) is 0 Å². The molecule has 0 aromatic carbocycles. The summed E-state index contributed by atoms with van der Waals surface area (Å²) < 4.78 is 5.41. The summed E-state index contributed by atoms with van der Waals surface area (Å²) in [6, 6.07) is 0.494. The zero-order valence-corrected chi connectivity index (χ0v) is 10.6. The molecule has 1 saturated carbocycles. The molecule has 0 heterocycles. The molecule has 0 bridgehead atoms. The van der Waals surface area contributed by atoms with Crippen LogP contribution in [0.25, 0.3) is 0 Å². The van der Waals surface area contributed by atoms with Crippen LogP contribution in [0.1, 0.15) is 52.9 Å². The molecular formula is C13H27NO. The second-order valence-corrected chi connectivity index (χ2v) is 5.00. The van der Waals surface area contributed by atoms with E-state index in [9.17, 15) is 0 Å². The Morgan fingerprint density at radius 2 is 1.93 bits per heavy atom. The number of hydrogen-bond donors (Lipinski definition) is 1. The quantitative estimate of drug-likeness (QED) is 0.702. The van der Waals surface area contributed by atoms with Gasteiger partial charge in [0.2, 0.25) is 0 Å². The van der Waals surface area contributed by atoms with Gasteiger partial charge < -0.3 is 10.1 Å². The molecule has 0 aromatic rings. The average Bonchev–Trinajstić information content (AvgIpc) is 2.73. The highest BCUT2D eigenvalue weighted by Crippen LogP contribution is 2.40. The minimum Gasteiger partial charge on any atom is -0.380 e. The van der Waals surface area contributed by atoms with Crippen molar-refractivity contribution in [1.82, 2.24) is 5.32 Å². The summed E-state index contributed by atoms with van der Waals surface area (Å²) in [5.74, 6) is 0. The molecule has 1 aliphatic carbocycles. The molecule has 1 aliphatic rings. The first-order chi connectivity index (χ1) is 7.22. The Bertz CT molecular complexity index is 164. The lowest BCUT2D eigenvalue weighted by Crippen LogP contribution is -2.39. The smallest absolute Gasteiger partial charge is 0.0616 e. The fourth-order valence-electron chi connectivity index (χ4n) is 2.52. The predicted molar refractivity (Wildman–Crippen MR) is 65.1 cm³/mol. The van der Waals surface area contributed by atoms with E-state index in [4.69, 9.17) is 4.74 Å². The molecule has 15 heavy (non-hydrogen) atoms. The van der Waals surface area contributed by atoms with Crippen LogP contribution < -0.4 is 5.32 Å². The van der Waals surface area contributed by atoms with Gasteiger partial charge in [-0.05, 0) is 38.5 Å². The summed E-state index contributed by atoms with van der Waals surface area (Å²) in [7, 11) is 0. The lowest BCUT2D eigenvalue weighted by molar-refractivity contribution is 0.121. The number of nitrogens with one attached hydrogen (secondary N) is 1. The van der Waals surface area contributed by atoms with E-state index in [2.05, 4.69) is 26.1 Å². The van der Waals surface area contributed by atoms with Crippen LogP contribution in [-0.2, 0) is 4.74 Å². The molecule has 1 N–H and O–H groups in total. The van der Waals surface area contributed by atoms with Crippen LogP contribution >= 0.6 is 0 Å². The maximum Gasteiger partial charge on any atom is 0.0616 e. The first-order valence-electron chi connectivity index (χ1n) is 6.53. The van der Waals surface area contributed by atoms with Gasteiger partial charge in [-0.15, -0.1) is 0 Å². The van der Waals surface area contributed by atoms with E-state index in [0.29, 0.717) is 11.5 Å². The predicted octanol–water partition coefficient (Wildman–Crippen LogP) is 2.97. The standard InChI is InChI=1S/C13H27NO/c1-4-13(8-6-7-9-13)11-14-12(3)10-15-5-2/h12,14H,4-11H2,1-3H3. The van der Waals surface area contributed by atoms with Gasteiger partial charge in [-0.25, -0.2) is 0 Å². The molecule has 1 unspecified atom stereocenters. The van der Waals surface area contributed by atoms with Gasteiger partial charge in [-0.1, -0.05) is 19.8 Å². The maximum absolute atomic E-state index is 5.41. The fourth-order valence-corrected chi connectivity index (χ4v) is 2.52. The van der Waals surface area contributed by atoms with E-state index in [1.165, 1.54) is 38.6 Å². The number of ether oxygens (including phenoxy) is 1. The average molecular weight is 213 g/mol. The van der Waals surface area contributed by atoms with Crippen molar-refractivity contribution in [3.05, 3.63) is 0 Å². The highest BCUT2D eigenvalue weighted by molar-refractivity contribution is 4.86. The molecule has 2 nitrogen and oxygen atoms in total. The Balaban J connectivity index is 2.21. The normalized spacial score (nSPS) is 21.8. The summed E-state index contributed by atoms with van der Waals surface area (Å²) in [6.07, 6.45) is 7.00. The van der Waals surface area contributed by atoms with E-state index in [1.54, 1.807) is 0 Å². The van der Waals surface area contributed by atoms with Gasteiger partial charge in [0.25, 0.3) is 0 Å². The highest BCUT2D eigenvalue weighted by Gasteiger charge is 2.31. The van der Waals surface area contributed by atoms with E-state index in [1.807, 2.05) is 0 Å². The molecule has 0 radical (unpaired) electrons. The minimum atomic E-state index is 0.494. The van der Waals surface area contributed by atoms with Crippen molar-refractivity contribution in [3.8, 4) is 0 Å². The van der Waals surface area contributed by atoms with Gasteiger partial charge in [-0.2, -0.15) is 0 Å². The number of rotatable bonds is 7. The monoisotopic (exact) mass is 213 g/mol. The lowest BCUT2D eigenvalue weighted by atomic mass is 9.83. The summed E-state index contributed by atoms with van der Waals surface area (Å²) in [5.41, 5.74) is 0.598. The second-order valence-electron chi connectivity index (χ2n) is 5.00. The van der Waals surface area contributed by atoms with Crippen LogP contribution in [0, 0.1) is 5.41 Å². The Labute approximate surface area is 94.8 Å². The third-order valence-corrected chi connectivity index (χ3v) is 3.81. The van der Waals surface area contributed by atoms with Crippen molar-refractivity contribution in [3.63, 3.8) is 0 Å². The van der Waals surface area contributed by atoms with Crippen molar-refractivity contribution in [2.24, 2.45) is 5.41 Å². The van der Waals surface area contributed by atoms with Gasteiger partial charge in [-0.3, -0.25) is 0 Å². The Hall–Kier alpha value is -0.0800. The van der Waals surface area contributed by atoms with Gasteiger partial charge >= 0.3 is 0 Å². The van der Waals surface area contributed by atoms with E-state index in [-0.39, 0.29) is 0 Å². The molecule has 0 spiro atoms. The van der Waals surface area contributed by atoms with Gasteiger partial charge in [0.05, 0.1) is 6.61 Å². The van der Waals surface area contributed by atoms with Crippen LogP contribution in [0.5, 0.6) is 0 Å². The first-order valence-corrected chi connectivity index (χ1v) is 6.53. The molecular weight excluding hydrogens is 186 g/mol. The molecule has 0 saturated heterocycles. The topological polar surface area (TPSA) is 21.3 Å². The third-order valence-electron chi connectivity index (χ3n) is 3.81. The maximum atomic E-state index is 5.41. The first kappa shape index (κ1) is 13.0.